The maximum atomic E-state index is 5.50. The van der Waals surface area contributed by atoms with E-state index in [1.54, 1.807) is 28.4 Å². The van der Waals surface area contributed by atoms with Gasteiger partial charge in [0.1, 0.15) is 34.4 Å². The molecule has 5 aromatic carbocycles. The van der Waals surface area contributed by atoms with Crippen molar-refractivity contribution < 1.29 is 18.9 Å². The Labute approximate surface area is 273 Å². The first-order chi connectivity index (χ1) is 23.1. The summed E-state index contributed by atoms with van der Waals surface area (Å²) in [6, 6.07) is 39.6. The van der Waals surface area contributed by atoms with Crippen LogP contribution in [0.1, 0.15) is 11.1 Å². The molecule has 0 saturated heterocycles. The molecule has 8 heteroatoms. The Morgan fingerprint density at radius 1 is 0.468 bits per heavy atom. The monoisotopic (exact) mass is 620 g/mol. The van der Waals surface area contributed by atoms with E-state index in [0.717, 1.165) is 67.9 Å². The summed E-state index contributed by atoms with van der Waals surface area (Å²) in [5.41, 5.74) is 8.20. The predicted octanol–water partition coefficient (Wildman–Crippen LogP) is 8.31. The first-order valence-electron chi connectivity index (χ1n) is 15.1. The first kappa shape index (κ1) is 29.6. The first-order valence-corrected chi connectivity index (χ1v) is 15.1. The van der Waals surface area contributed by atoms with E-state index in [4.69, 9.17) is 34.0 Å². The van der Waals surface area contributed by atoms with Gasteiger partial charge in [-0.1, -0.05) is 12.1 Å². The minimum atomic E-state index is 0.667. The van der Waals surface area contributed by atoms with Gasteiger partial charge in [-0.15, -0.1) is 0 Å². The van der Waals surface area contributed by atoms with E-state index in [0.29, 0.717) is 17.2 Å². The van der Waals surface area contributed by atoms with Gasteiger partial charge in [-0.05, 0) is 109 Å². The number of rotatable bonds is 8. The number of ether oxygens (including phenoxy) is 4. The third-order valence-electron chi connectivity index (χ3n) is 8.11. The van der Waals surface area contributed by atoms with E-state index in [1.807, 2.05) is 126 Å². The van der Waals surface area contributed by atoms with Gasteiger partial charge in [0.2, 0.25) is 0 Å². The minimum absolute atomic E-state index is 0.667. The average molecular weight is 621 g/mol. The van der Waals surface area contributed by atoms with Crippen molar-refractivity contribution in [3.05, 3.63) is 132 Å². The lowest BCUT2D eigenvalue weighted by atomic mass is 9.98. The average Bonchev–Trinajstić information content (AvgIpc) is 3.50. The van der Waals surface area contributed by atoms with Crippen LogP contribution in [-0.4, -0.2) is 49.5 Å². The zero-order valence-electron chi connectivity index (χ0n) is 26.5. The molecule has 0 saturated carbocycles. The summed E-state index contributed by atoms with van der Waals surface area (Å²) >= 11 is 0. The Morgan fingerprint density at radius 3 is 1.43 bits per heavy atom. The van der Waals surface area contributed by atoms with Crippen LogP contribution >= 0.6 is 0 Å². The van der Waals surface area contributed by atoms with Crippen molar-refractivity contribution in [3.63, 3.8) is 0 Å². The van der Waals surface area contributed by atoms with Gasteiger partial charge in [0, 0.05) is 27.8 Å². The highest BCUT2D eigenvalue weighted by molar-refractivity contribution is 6.54. The van der Waals surface area contributed by atoms with Crippen molar-refractivity contribution in [1.82, 2.24) is 9.66 Å². The van der Waals surface area contributed by atoms with Crippen LogP contribution in [0.15, 0.2) is 131 Å². The number of hydrogen-bond acceptors (Lipinski definition) is 7. The lowest BCUT2D eigenvalue weighted by molar-refractivity contribution is 0.414. The fourth-order valence-corrected chi connectivity index (χ4v) is 5.62. The third-order valence-corrected chi connectivity index (χ3v) is 8.11. The summed E-state index contributed by atoms with van der Waals surface area (Å²) in [5.74, 6) is 3.69. The van der Waals surface area contributed by atoms with Crippen molar-refractivity contribution >= 4 is 17.1 Å². The molecule has 0 aliphatic carbocycles. The Kier molecular flexibility index (Phi) is 7.98. The number of nitrogens with zero attached hydrogens (tertiary/aromatic N) is 4. The topological polar surface area (TPSA) is 79.5 Å². The van der Waals surface area contributed by atoms with Gasteiger partial charge in [0.15, 0.2) is 5.82 Å². The van der Waals surface area contributed by atoms with Gasteiger partial charge < -0.3 is 18.9 Å². The molecule has 2 heterocycles. The quantitative estimate of drug-likeness (QED) is 0.171. The van der Waals surface area contributed by atoms with Crippen LogP contribution in [0.4, 0.5) is 5.69 Å². The van der Waals surface area contributed by atoms with E-state index in [9.17, 15) is 0 Å². The fraction of sp³-hybridized carbons (Fsp3) is 0.103. The molecular formula is C39H32N4O4. The molecule has 0 atom stereocenters. The predicted molar refractivity (Wildman–Crippen MR) is 186 cm³/mol. The smallest absolute Gasteiger partial charge is 0.164 e. The van der Waals surface area contributed by atoms with Gasteiger partial charge >= 0.3 is 0 Å². The third kappa shape index (κ3) is 5.61. The molecule has 0 bridgehead atoms. The summed E-state index contributed by atoms with van der Waals surface area (Å²) in [4.78, 5) is 10.6. The maximum absolute atomic E-state index is 5.50. The minimum Gasteiger partial charge on any atom is -0.497 e. The molecule has 0 radical (unpaired) electrons. The standard InChI is InChI=1S/C39H32N4O4/c1-44-29-17-9-25(10-18-29)35-36(26-11-19-30(45-2)20-12-26)42-43-38(28-15-23-32(47-4)24-16-28)37(27-13-21-31(46-3)22-14-27)41-39(43)33-7-5-6-8-34(33)40-35/h5-24H,1-4H3/b40-35-,42-36-. The molecule has 8 nitrogen and oxygen atoms in total. The molecule has 1 aromatic heterocycles. The zero-order valence-corrected chi connectivity index (χ0v) is 26.5. The summed E-state index contributed by atoms with van der Waals surface area (Å²) in [7, 11) is 6.63. The van der Waals surface area contributed by atoms with Crippen molar-refractivity contribution in [2.75, 3.05) is 28.4 Å². The summed E-state index contributed by atoms with van der Waals surface area (Å²) in [6.45, 7) is 0. The highest BCUT2D eigenvalue weighted by Crippen LogP contribution is 2.41. The Balaban J connectivity index is 1.57. The van der Waals surface area contributed by atoms with Gasteiger partial charge in [-0.2, -0.15) is 5.10 Å². The van der Waals surface area contributed by atoms with E-state index < -0.39 is 0 Å². The van der Waals surface area contributed by atoms with Crippen LogP contribution in [0.25, 0.3) is 33.9 Å². The molecule has 0 fully saturated rings. The van der Waals surface area contributed by atoms with Gasteiger partial charge in [0.25, 0.3) is 0 Å². The van der Waals surface area contributed by atoms with E-state index in [2.05, 4.69) is 0 Å². The lowest BCUT2D eigenvalue weighted by Crippen LogP contribution is -2.20. The number of hydrogen-bond donors (Lipinski definition) is 0. The van der Waals surface area contributed by atoms with Crippen LogP contribution in [0.2, 0.25) is 0 Å². The second kappa shape index (κ2) is 12.7. The second-order valence-corrected chi connectivity index (χ2v) is 10.8. The van der Waals surface area contributed by atoms with Gasteiger partial charge in [0.05, 0.1) is 45.5 Å². The summed E-state index contributed by atoms with van der Waals surface area (Å²) in [5, 5.41) is 5.43. The Morgan fingerprint density at radius 2 is 0.915 bits per heavy atom. The molecule has 0 spiro atoms. The molecule has 0 N–H and O–H groups in total. The van der Waals surface area contributed by atoms with Crippen LogP contribution in [-0.2, 0) is 0 Å². The van der Waals surface area contributed by atoms with Crippen LogP contribution in [0.3, 0.4) is 0 Å². The number of aromatic nitrogens is 2. The van der Waals surface area contributed by atoms with Crippen molar-refractivity contribution in [2.45, 2.75) is 0 Å². The molecular weight excluding hydrogens is 588 g/mol. The van der Waals surface area contributed by atoms with Gasteiger partial charge in [-0.3, -0.25) is 0 Å². The largest absolute Gasteiger partial charge is 0.497 e. The highest BCUT2D eigenvalue weighted by atomic mass is 16.5. The maximum Gasteiger partial charge on any atom is 0.164 e. The number of benzene rings is 5. The molecule has 0 unspecified atom stereocenters. The molecule has 1 aliphatic heterocycles. The molecule has 6 aromatic rings. The van der Waals surface area contributed by atoms with E-state index in [1.165, 1.54) is 0 Å². The van der Waals surface area contributed by atoms with Crippen molar-refractivity contribution in [2.24, 2.45) is 10.1 Å². The number of aliphatic imine (C=N–C) groups is 1. The lowest BCUT2D eigenvalue weighted by Gasteiger charge is -2.18. The Hall–Kier alpha value is -6.15. The summed E-state index contributed by atoms with van der Waals surface area (Å²) < 4.78 is 23.9. The number of para-hydroxylation sites is 1. The second-order valence-electron chi connectivity index (χ2n) is 10.8. The number of methoxy groups -OCH3 is 4. The number of fused-ring (bicyclic) bond motifs is 3. The SMILES string of the molecule is COc1ccc(C2=N/c3ccccc3-c3nc(-c4ccc(OC)cc4)c(-c4ccc(OC)cc4)n3/N=C\2c2ccc(OC)cc2)cc1. The molecule has 232 valence electrons. The fourth-order valence-electron chi connectivity index (χ4n) is 5.62. The van der Waals surface area contributed by atoms with Crippen LogP contribution < -0.4 is 18.9 Å². The molecule has 0 amide bonds. The van der Waals surface area contributed by atoms with E-state index >= 15 is 0 Å². The zero-order chi connectivity index (χ0) is 32.3. The van der Waals surface area contributed by atoms with E-state index in [-0.39, 0.29) is 0 Å². The number of imidazole rings is 1. The molecule has 47 heavy (non-hydrogen) atoms. The van der Waals surface area contributed by atoms with Gasteiger partial charge in [-0.25, -0.2) is 14.7 Å². The highest BCUT2D eigenvalue weighted by Gasteiger charge is 2.27. The van der Waals surface area contributed by atoms with Crippen LogP contribution in [0.5, 0.6) is 23.0 Å². The van der Waals surface area contributed by atoms with Crippen molar-refractivity contribution in [1.29, 1.82) is 0 Å². The normalized spacial score (nSPS) is 14.3. The molecule has 1 aliphatic rings. The Bertz CT molecular complexity index is 2100. The van der Waals surface area contributed by atoms with Crippen molar-refractivity contribution in [3.8, 4) is 56.9 Å². The van der Waals surface area contributed by atoms with Crippen LogP contribution in [0, 0.1) is 0 Å². The summed E-state index contributed by atoms with van der Waals surface area (Å²) in [6.07, 6.45) is 0. The molecule has 7 rings (SSSR count).